The lowest BCUT2D eigenvalue weighted by atomic mass is 9.94. The minimum atomic E-state index is -0.282. The maximum absolute atomic E-state index is 13.2. The number of fused-ring (bicyclic) bond motifs is 3. The van der Waals surface area contributed by atoms with Crippen LogP contribution in [0.4, 0.5) is 5.95 Å². The highest BCUT2D eigenvalue weighted by molar-refractivity contribution is 7.18. The fourth-order valence-corrected chi connectivity index (χ4v) is 4.20. The molecule has 3 aromatic rings. The van der Waals surface area contributed by atoms with Crippen LogP contribution in [0, 0.1) is 0 Å². The van der Waals surface area contributed by atoms with Gasteiger partial charge in [-0.3, -0.25) is 10.2 Å². The molecule has 0 fully saturated rings. The first-order valence-electron chi connectivity index (χ1n) is 7.73. The van der Waals surface area contributed by atoms with Gasteiger partial charge in [0.25, 0.3) is 5.56 Å². The van der Waals surface area contributed by atoms with Crippen LogP contribution in [-0.2, 0) is 17.8 Å². The Morgan fingerprint density at radius 3 is 2.79 bits per heavy atom. The van der Waals surface area contributed by atoms with Gasteiger partial charge in [0, 0.05) is 11.3 Å². The third-order valence-corrected chi connectivity index (χ3v) is 5.35. The summed E-state index contributed by atoms with van der Waals surface area (Å²) in [5, 5.41) is 0.675. The standard InChI is InChI=1S/C17H18N4O2S/c1-17(2)8-11-12(9-23-17)24-14-13(11)15(22)21(16(19-14)20-18)10-6-4-3-5-7-10/h3-7H,8-9,18H2,1-2H3,(H,19,20). The van der Waals surface area contributed by atoms with Gasteiger partial charge in [-0.05, 0) is 31.5 Å². The average molecular weight is 342 g/mol. The number of rotatable bonds is 2. The van der Waals surface area contributed by atoms with Crippen LogP contribution in [0.5, 0.6) is 0 Å². The van der Waals surface area contributed by atoms with Crippen LogP contribution in [0.25, 0.3) is 15.9 Å². The monoisotopic (exact) mass is 342 g/mol. The first kappa shape index (κ1) is 15.3. The molecular weight excluding hydrogens is 324 g/mol. The third kappa shape index (κ3) is 2.32. The quantitative estimate of drug-likeness (QED) is 0.552. The van der Waals surface area contributed by atoms with Gasteiger partial charge in [-0.15, -0.1) is 11.3 Å². The molecule has 1 aliphatic heterocycles. The number of thiophene rings is 1. The lowest BCUT2D eigenvalue weighted by Gasteiger charge is -2.29. The van der Waals surface area contributed by atoms with Gasteiger partial charge in [-0.2, -0.15) is 0 Å². The van der Waals surface area contributed by atoms with Crippen molar-refractivity contribution >= 4 is 27.5 Å². The number of para-hydroxylation sites is 1. The van der Waals surface area contributed by atoms with Crippen LogP contribution < -0.4 is 16.8 Å². The lowest BCUT2D eigenvalue weighted by Crippen LogP contribution is -2.32. The van der Waals surface area contributed by atoms with E-state index < -0.39 is 0 Å². The van der Waals surface area contributed by atoms with Gasteiger partial charge in [-0.25, -0.2) is 15.4 Å². The second-order valence-corrected chi connectivity index (χ2v) is 7.55. The van der Waals surface area contributed by atoms with Gasteiger partial charge in [-0.1, -0.05) is 18.2 Å². The molecule has 0 saturated heterocycles. The van der Waals surface area contributed by atoms with E-state index in [-0.39, 0.29) is 11.2 Å². The van der Waals surface area contributed by atoms with E-state index >= 15 is 0 Å². The van der Waals surface area contributed by atoms with Gasteiger partial charge >= 0.3 is 0 Å². The largest absolute Gasteiger partial charge is 0.370 e. The van der Waals surface area contributed by atoms with E-state index in [2.05, 4.69) is 10.4 Å². The molecule has 4 rings (SSSR count). The molecule has 0 atom stereocenters. The summed E-state index contributed by atoms with van der Waals surface area (Å²) >= 11 is 1.50. The molecule has 1 aromatic carbocycles. The van der Waals surface area contributed by atoms with Crippen molar-refractivity contribution in [3.63, 3.8) is 0 Å². The average Bonchev–Trinajstić information content (AvgIpc) is 2.92. The normalized spacial score (nSPS) is 16.1. The van der Waals surface area contributed by atoms with Gasteiger partial charge in [0.1, 0.15) is 4.83 Å². The Morgan fingerprint density at radius 1 is 1.33 bits per heavy atom. The van der Waals surface area contributed by atoms with Crippen molar-refractivity contribution < 1.29 is 4.74 Å². The van der Waals surface area contributed by atoms with Crippen molar-refractivity contribution in [3.05, 3.63) is 51.1 Å². The Kier molecular flexibility index (Phi) is 3.45. The second-order valence-electron chi connectivity index (χ2n) is 6.46. The third-order valence-electron chi connectivity index (χ3n) is 4.25. The second kappa shape index (κ2) is 5.41. The molecule has 0 unspecified atom stereocenters. The van der Waals surface area contributed by atoms with Crippen LogP contribution in [-0.4, -0.2) is 15.2 Å². The van der Waals surface area contributed by atoms with Crippen LogP contribution >= 0.6 is 11.3 Å². The number of nitrogens with two attached hydrogens (primary N) is 1. The summed E-state index contributed by atoms with van der Waals surface area (Å²) < 4.78 is 7.39. The zero-order valence-electron chi connectivity index (χ0n) is 13.5. The fourth-order valence-electron chi connectivity index (χ4n) is 3.11. The Hall–Kier alpha value is -2.22. The summed E-state index contributed by atoms with van der Waals surface area (Å²) in [6.07, 6.45) is 0.698. The number of aromatic nitrogens is 2. The van der Waals surface area contributed by atoms with Crippen molar-refractivity contribution in [3.8, 4) is 5.69 Å². The number of ether oxygens (including phenoxy) is 1. The maximum atomic E-state index is 13.2. The molecule has 2 aromatic heterocycles. The first-order valence-corrected chi connectivity index (χ1v) is 8.55. The Balaban J connectivity index is 2.04. The van der Waals surface area contributed by atoms with Gasteiger partial charge in [0.15, 0.2) is 0 Å². The predicted molar refractivity (Wildman–Crippen MR) is 95.6 cm³/mol. The van der Waals surface area contributed by atoms with E-state index in [1.165, 1.54) is 15.9 Å². The summed E-state index contributed by atoms with van der Waals surface area (Å²) in [4.78, 5) is 19.6. The highest BCUT2D eigenvalue weighted by atomic mass is 32.1. The predicted octanol–water partition coefficient (Wildman–Crippen LogP) is 2.58. The number of hydrogen-bond donors (Lipinski definition) is 2. The number of anilines is 1. The smallest absolute Gasteiger partial charge is 0.268 e. The van der Waals surface area contributed by atoms with Gasteiger partial charge < -0.3 is 4.74 Å². The molecule has 24 heavy (non-hydrogen) atoms. The number of nitrogens with one attached hydrogen (secondary N) is 1. The van der Waals surface area contributed by atoms with E-state index in [4.69, 9.17) is 10.6 Å². The molecule has 0 amide bonds. The van der Waals surface area contributed by atoms with Crippen LogP contribution in [0.1, 0.15) is 24.3 Å². The maximum Gasteiger partial charge on any atom is 0.268 e. The van der Waals surface area contributed by atoms with Crippen molar-refractivity contribution in [2.45, 2.75) is 32.5 Å². The van der Waals surface area contributed by atoms with Crippen LogP contribution in [0.3, 0.4) is 0 Å². The number of benzene rings is 1. The van der Waals surface area contributed by atoms with E-state index in [9.17, 15) is 4.79 Å². The van der Waals surface area contributed by atoms with Gasteiger partial charge in [0.2, 0.25) is 5.95 Å². The lowest BCUT2D eigenvalue weighted by molar-refractivity contribution is -0.0379. The molecule has 3 N–H and O–H groups in total. The van der Waals surface area contributed by atoms with Crippen LogP contribution in [0.2, 0.25) is 0 Å². The highest BCUT2D eigenvalue weighted by Crippen LogP contribution is 2.37. The van der Waals surface area contributed by atoms with E-state index in [1.807, 2.05) is 44.2 Å². The molecule has 0 saturated carbocycles. The summed E-state index contributed by atoms with van der Waals surface area (Å²) in [7, 11) is 0. The van der Waals surface area contributed by atoms with Crippen molar-refractivity contribution in [1.29, 1.82) is 0 Å². The summed E-state index contributed by atoms with van der Waals surface area (Å²) in [5.41, 5.74) is 3.95. The Labute approximate surface area is 142 Å². The Bertz CT molecular complexity index is 976. The van der Waals surface area contributed by atoms with Crippen molar-refractivity contribution in [2.75, 3.05) is 5.43 Å². The number of hydrazine groups is 1. The molecule has 1 aliphatic rings. The number of nitrogens with zero attached hydrogens (tertiary/aromatic N) is 2. The molecule has 124 valence electrons. The summed E-state index contributed by atoms with van der Waals surface area (Å²) in [6.45, 7) is 4.59. The summed E-state index contributed by atoms with van der Waals surface area (Å²) in [6, 6.07) is 9.39. The van der Waals surface area contributed by atoms with E-state index in [0.29, 0.717) is 29.2 Å². The zero-order chi connectivity index (χ0) is 16.9. The minimum absolute atomic E-state index is 0.102. The molecular formula is C17H18N4O2S. The molecule has 0 aliphatic carbocycles. The number of hydrogen-bond acceptors (Lipinski definition) is 6. The molecule has 0 bridgehead atoms. The van der Waals surface area contributed by atoms with Crippen LogP contribution in [0.15, 0.2) is 35.1 Å². The minimum Gasteiger partial charge on any atom is -0.370 e. The Morgan fingerprint density at radius 2 is 2.08 bits per heavy atom. The van der Waals surface area contributed by atoms with Gasteiger partial charge in [0.05, 0.1) is 23.3 Å². The molecule has 0 radical (unpaired) electrons. The molecule has 7 heteroatoms. The van der Waals surface area contributed by atoms with E-state index in [0.717, 1.165) is 16.1 Å². The molecule has 3 heterocycles. The summed E-state index contributed by atoms with van der Waals surface area (Å²) in [5.74, 6) is 5.95. The number of nitrogen functional groups attached to an aromatic ring is 1. The molecule has 0 spiro atoms. The first-order chi connectivity index (χ1) is 11.5. The zero-order valence-corrected chi connectivity index (χ0v) is 14.3. The topological polar surface area (TPSA) is 82.2 Å². The van der Waals surface area contributed by atoms with Crippen molar-refractivity contribution in [1.82, 2.24) is 9.55 Å². The SMILES string of the molecule is CC1(C)Cc2c(sc3nc(NN)n(-c4ccccc4)c(=O)c23)CO1. The van der Waals surface area contributed by atoms with E-state index in [1.54, 1.807) is 0 Å². The van der Waals surface area contributed by atoms with Crippen molar-refractivity contribution in [2.24, 2.45) is 5.84 Å². The fraction of sp³-hybridized carbons (Fsp3) is 0.294. The molecule has 6 nitrogen and oxygen atoms in total. The highest BCUT2D eigenvalue weighted by Gasteiger charge is 2.31.